The van der Waals surface area contributed by atoms with Gasteiger partial charge in [0.2, 0.25) is 0 Å². The van der Waals surface area contributed by atoms with Gasteiger partial charge in [-0.1, -0.05) is 19.3 Å². The number of rotatable bonds is 3. The van der Waals surface area contributed by atoms with Gasteiger partial charge in [-0.25, -0.2) is 0 Å². The molecule has 3 nitrogen and oxygen atoms in total. The van der Waals surface area contributed by atoms with Crippen LogP contribution in [0.4, 0.5) is 13.2 Å². The minimum absolute atomic E-state index is 0.0159. The first kappa shape index (κ1) is 18.5. The zero-order valence-electron chi connectivity index (χ0n) is 14.4. The molecule has 24 heavy (non-hydrogen) atoms. The van der Waals surface area contributed by atoms with E-state index in [-0.39, 0.29) is 18.6 Å². The minimum Gasteiger partial charge on any atom is -0.391 e. The Bertz CT molecular complexity index is 396. The highest BCUT2D eigenvalue weighted by molar-refractivity contribution is 4.90. The van der Waals surface area contributed by atoms with Gasteiger partial charge in [-0.2, -0.15) is 13.2 Å². The molecular weight excluding hydrogens is 317 g/mol. The van der Waals surface area contributed by atoms with Crippen LogP contribution in [0, 0.1) is 5.92 Å². The lowest BCUT2D eigenvalue weighted by atomic mass is 9.84. The van der Waals surface area contributed by atoms with Crippen molar-refractivity contribution in [2.45, 2.75) is 94.6 Å². The Kier molecular flexibility index (Phi) is 6.09. The Hall–Kier alpha value is -0.330. The van der Waals surface area contributed by atoms with Crippen molar-refractivity contribution in [3.63, 3.8) is 0 Å². The first-order valence-corrected chi connectivity index (χ1v) is 9.68. The molecule has 0 aromatic heterocycles. The van der Waals surface area contributed by atoms with E-state index in [0.29, 0.717) is 24.9 Å². The van der Waals surface area contributed by atoms with Crippen LogP contribution in [0.25, 0.3) is 0 Å². The van der Waals surface area contributed by atoms with Gasteiger partial charge < -0.3 is 10.4 Å². The number of aliphatic hydroxyl groups excluding tert-OH is 1. The summed E-state index contributed by atoms with van der Waals surface area (Å²) in [6.45, 7) is 1.91. The van der Waals surface area contributed by atoms with Crippen LogP contribution in [0.2, 0.25) is 0 Å². The number of hydrogen-bond donors (Lipinski definition) is 2. The lowest BCUT2D eigenvalue weighted by molar-refractivity contribution is -0.184. The average molecular weight is 348 g/mol. The van der Waals surface area contributed by atoms with Crippen molar-refractivity contribution in [2.75, 3.05) is 13.1 Å². The summed E-state index contributed by atoms with van der Waals surface area (Å²) in [5, 5.41) is 13.7. The molecule has 0 aromatic carbocycles. The Morgan fingerprint density at radius 1 is 0.833 bits per heavy atom. The van der Waals surface area contributed by atoms with E-state index in [1.807, 2.05) is 0 Å². The van der Waals surface area contributed by atoms with Crippen molar-refractivity contribution in [3.05, 3.63) is 0 Å². The van der Waals surface area contributed by atoms with Gasteiger partial charge in [-0.15, -0.1) is 0 Å². The fourth-order valence-corrected chi connectivity index (χ4v) is 4.89. The monoisotopic (exact) mass is 348 g/mol. The lowest BCUT2D eigenvalue weighted by Crippen LogP contribution is -2.53. The molecule has 0 aromatic rings. The summed E-state index contributed by atoms with van der Waals surface area (Å²) >= 11 is 0. The number of piperidine rings is 1. The fourth-order valence-electron chi connectivity index (χ4n) is 4.89. The molecule has 0 amide bonds. The quantitative estimate of drug-likeness (QED) is 0.820. The third-order valence-corrected chi connectivity index (χ3v) is 6.30. The molecule has 0 bridgehead atoms. The number of alkyl halides is 3. The maximum atomic E-state index is 12.9. The summed E-state index contributed by atoms with van der Waals surface area (Å²) in [6.07, 6.45) is 4.10. The molecule has 1 saturated heterocycles. The molecule has 1 heterocycles. The van der Waals surface area contributed by atoms with Crippen LogP contribution in [0.3, 0.4) is 0 Å². The SMILES string of the molecule is O[C@@H]1CCCC[C@@H]1N1CCC(N[C@@H]2CCC[C@H](C(F)(F)F)C2)CC1. The second kappa shape index (κ2) is 7.92. The standard InChI is InChI=1S/C18H31F3N2O/c19-18(20,21)13-4-3-5-15(12-13)22-14-8-10-23(11-9-14)16-6-1-2-7-17(16)24/h13-17,22,24H,1-12H2/t13-,15+,16-,17+/m0/s1. The van der Waals surface area contributed by atoms with Gasteiger partial charge in [-0.3, -0.25) is 4.90 Å². The zero-order chi connectivity index (χ0) is 17.2. The first-order chi connectivity index (χ1) is 11.4. The second-order valence-electron chi connectivity index (χ2n) is 8.00. The van der Waals surface area contributed by atoms with Crippen molar-refractivity contribution in [1.29, 1.82) is 0 Å². The van der Waals surface area contributed by atoms with E-state index in [2.05, 4.69) is 10.2 Å². The smallest absolute Gasteiger partial charge is 0.391 e. The van der Waals surface area contributed by atoms with Crippen LogP contribution in [0.5, 0.6) is 0 Å². The van der Waals surface area contributed by atoms with E-state index >= 15 is 0 Å². The van der Waals surface area contributed by atoms with Crippen LogP contribution >= 0.6 is 0 Å². The van der Waals surface area contributed by atoms with Crippen molar-refractivity contribution in [2.24, 2.45) is 5.92 Å². The lowest BCUT2D eigenvalue weighted by Gasteiger charge is -2.43. The summed E-state index contributed by atoms with van der Waals surface area (Å²) in [6, 6.07) is 0.644. The van der Waals surface area contributed by atoms with Gasteiger partial charge >= 0.3 is 6.18 Å². The molecule has 140 valence electrons. The molecule has 0 radical (unpaired) electrons. The summed E-state index contributed by atoms with van der Waals surface area (Å²) in [4.78, 5) is 2.40. The van der Waals surface area contributed by atoms with E-state index in [0.717, 1.165) is 51.6 Å². The molecule has 3 fully saturated rings. The van der Waals surface area contributed by atoms with Crippen LogP contribution in [-0.2, 0) is 0 Å². The van der Waals surface area contributed by atoms with E-state index in [1.165, 1.54) is 6.42 Å². The van der Waals surface area contributed by atoms with Crippen LogP contribution in [-0.4, -0.2) is 53.5 Å². The largest absolute Gasteiger partial charge is 0.391 e. The average Bonchev–Trinajstić information content (AvgIpc) is 2.56. The van der Waals surface area contributed by atoms with Crippen LogP contribution in [0.1, 0.15) is 64.2 Å². The third-order valence-electron chi connectivity index (χ3n) is 6.30. The maximum absolute atomic E-state index is 12.9. The topological polar surface area (TPSA) is 35.5 Å². The van der Waals surface area contributed by atoms with Gasteiger partial charge in [-0.05, 0) is 44.9 Å². The number of hydrogen-bond acceptors (Lipinski definition) is 3. The third kappa shape index (κ3) is 4.64. The summed E-state index contributed by atoms with van der Waals surface area (Å²) in [7, 11) is 0. The van der Waals surface area contributed by atoms with E-state index in [1.54, 1.807) is 0 Å². The fraction of sp³-hybridized carbons (Fsp3) is 1.00. The number of aliphatic hydroxyl groups is 1. The van der Waals surface area contributed by atoms with Gasteiger partial charge in [0.1, 0.15) is 0 Å². The van der Waals surface area contributed by atoms with Crippen molar-refractivity contribution >= 4 is 0 Å². The number of nitrogens with zero attached hydrogens (tertiary/aromatic N) is 1. The van der Waals surface area contributed by atoms with E-state index in [4.69, 9.17) is 0 Å². The minimum atomic E-state index is -4.04. The van der Waals surface area contributed by atoms with E-state index < -0.39 is 12.1 Å². The Labute approximate surface area is 143 Å². The summed E-state index contributed by atoms with van der Waals surface area (Å²) < 4.78 is 38.8. The van der Waals surface area contributed by atoms with Gasteiger partial charge in [0.15, 0.2) is 0 Å². The maximum Gasteiger partial charge on any atom is 0.391 e. The Balaban J connectivity index is 1.43. The molecule has 3 aliphatic rings. The molecule has 6 heteroatoms. The predicted octanol–water partition coefficient (Wildman–Crippen LogP) is 3.47. The number of likely N-dealkylation sites (tertiary alicyclic amines) is 1. The molecule has 2 N–H and O–H groups in total. The first-order valence-electron chi connectivity index (χ1n) is 9.68. The molecule has 3 rings (SSSR count). The summed E-state index contributed by atoms with van der Waals surface area (Å²) in [5.41, 5.74) is 0. The van der Waals surface area contributed by atoms with Gasteiger partial charge in [0.25, 0.3) is 0 Å². The van der Waals surface area contributed by atoms with Crippen molar-refractivity contribution in [3.8, 4) is 0 Å². The number of nitrogens with one attached hydrogen (secondary N) is 1. The summed E-state index contributed by atoms with van der Waals surface area (Å²) in [5.74, 6) is -1.12. The predicted molar refractivity (Wildman–Crippen MR) is 87.8 cm³/mol. The second-order valence-corrected chi connectivity index (χ2v) is 8.00. The molecule has 2 aliphatic carbocycles. The Morgan fingerprint density at radius 2 is 1.54 bits per heavy atom. The molecule has 1 aliphatic heterocycles. The zero-order valence-corrected chi connectivity index (χ0v) is 14.4. The Morgan fingerprint density at radius 3 is 2.21 bits per heavy atom. The van der Waals surface area contributed by atoms with Gasteiger partial charge in [0, 0.05) is 31.2 Å². The highest BCUT2D eigenvalue weighted by atomic mass is 19.4. The van der Waals surface area contributed by atoms with Crippen LogP contribution < -0.4 is 5.32 Å². The van der Waals surface area contributed by atoms with Crippen molar-refractivity contribution < 1.29 is 18.3 Å². The van der Waals surface area contributed by atoms with E-state index in [9.17, 15) is 18.3 Å². The number of halogens is 3. The molecule has 2 saturated carbocycles. The van der Waals surface area contributed by atoms with Crippen LogP contribution in [0.15, 0.2) is 0 Å². The normalized spacial score (nSPS) is 37.5. The molecular formula is C18H31F3N2O. The molecule has 4 atom stereocenters. The highest BCUT2D eigenvalue weighted by Crippen LogP contribution is 2.38. The highest BCUT2D eigenvalue weighted by Gasteiger charge is 2.42. The molecule has 0 spiro atoms. The van der Waals surface area contributed by atoms with Crippen molar-refractivity contribution in [1.82, 2.24) is 10.2 Å². The molecule has 0 unspecified atom stereocenters. The van der Waals surface area contributed by atoms with Gasteiger partial charge in [0.05, 0.1) is 12.0 Å².